The average molecular weight is 559 g/mol. The minimum atomic E-state index is -3.58. The van der Waals surface area contributed by atoms with Crippen molar-refractivity contribution in [1.29, 1.82) is 0 Å². The van der Waals surface area contributed by atoms with Gasteiger partial charge >= 0.3 is 0 Å². The van der Waals surface area contributed by atoms with E-state index < -0.39 is 10.0 Å². The average Bonchev–Trinajstić information content (AvgIpc) is 3.37. The smallest absolute Gasteiger partial charge is 0.260 e. The van der Waals surface area contributed by atoms with Gasteiger partial charge in [-0.25, -0.2) is 13.4 Å². The fourth-order valence-corrected chi connectivity index (χ4v) is 7.29. The molecule has 0 N–H and O–H groups in total. The Kier molecular flexibility index (Phi) is 9.07. The van der Waals surface area contributed by atoms with Gasteiger partial charge in [0.1, 0.15) is 11.3 Å². The van der Waals surface area contributed by atoms with Crippen molar-refractivity contribution in [2.45, 2.75) is 45.4 Å². The molecule has 0 radical (unpaired) electrons. The number of anilines is 1. The summed E-state index contributed by atoms with van der Waals surface area (Å²) in [6.45, 7) is 12.4. The summed E-state index contributed by atoms with van der Waals surface area (Å²) in [4.78, 5) is 22.8. The molecule has 0 unspecified atom stereocenters. The number of ether oxygens (including phenoxy) is 1. The first-order valence-electron chi connectivity index (χ1n) is 13.3. The molecule has 1 aromatic heterocycles. The van der Waals surface area contributed by atoms with Crippen molar-refractivity contribution in [3.05, 3.63) is 47.5 Å². The van der Waals surface area contributed by atoms with Crippen molar-refractivity contribution < 1.29 is 17.9 Å². The Labute approximate surface area is 230 Å². The van der Waals surface area contributed by atoms with E-state index in [2.05, 4.69) is 25.7 Å². The van der Waals surface area contributed by atoms with E-state index in [0.29, 0.717) is 48.5 Å². The van der Waals surface area contributed by atoms with Crippen molar-refractivity contribution in [3.8, 4) is 5.75 Å². The molecule has 1 aliphatic rings. The summed E-state index contributed by atoms with van der Waals surface area (Å²) in [7, 11) is -1.96. The fourth-order valence-electron chi connectivity index (χ4n) is 4.74. The van der Waals surface area contributed by atoms with Gasteiger partial charge in [0.2, 0.25) is 10.0 Å². The molecule has 1 fully saturated rings. The van der Waals surface area contributed by atoms with Crippen molar-refractivity contribution >= 4 is 42.6 Å². The van der Waals surface area contributed by atoms with Gasteiger partial charge in [0.15, 0.2) is 5.13 Å². The molecule has 0 atom stereocenters. The number of likely N-dealkylation sites (N-methyl/N-ethyl adjacent to an activating group) is 1. The van der Waals surface area contributed by atoms with Gasteiger partial charge in [0.25, 0.3) is 5.91 Å². The summed E-state index contributed by atoms with van der Waals surface area (Å²) in [6.07, 6.45) is 1.73. The lowest BCUT2D eigenvalue weighted by Gasteiger charge is -2.29. The number of amides is 1. The number of rotatable bonds is 10. The quantitative estimate of drug-likeness (QED) is 0.347. The molecular weight excluding hydrogens is 520 g/mol. The van der Waals surface area contributed by atoms with E-state index in [9.17, 15) is 13.2 Å². The predicted molar refractivity (Wildman–Crippen MR) is 154 cm³/mol. The number of piperidine rings is 1. The summed E-state index contributed by atoms with van der Waals surface area (Å²) in [6, 6.07) is 10.2. The number of aromatic nitrogens is 1. The molecule has 10 heteroatoms. The second kappa shape index (κ2) is 12.1. The van der Waals surface area contributed by atoms with E-state index in [0.717, 1.165) is 41.7 Å². The topological polar surface area (TPSA) is 83.1 Å². The number of hydrogen-bond donors (Lipinski definition) is 0. The molecule has 2 heterocycles. The van der Waals surface area contributed by atoms with E-state index in [1.165, 1.54) is 11.3 Å². The molecule has 0 aliphatic carbocycles. The minimum absolute atomic E-state index is 0.205. The van der Waals surface area contributed by atoms with Crippen LogP contribution in [0.15, 0.2) is 41.3 Å². The molecule has 1 saturated heterocycles. The van der Waals surface area contributed by atoms with Crippen LogP contribution in [0.1, 0.15) is 49.5 Å². The van der Waals surface area contributed by atoms with Gasteiger partial charge in [-0.15, -0.1) is 0 Å². The lowest BCUT2D eigenvalue weighted by atomic mass is 10.0. The van der Waals surface area contributed by atoms with Crippen molar-refractivity contribution in [2.75, 3.05) is 51.3 Å². The zero-order chi connectivity index (χ0) is 27.4. The molecule has 0 bridgehead atoms. The molecular formula is C28H38N4O4S2. The maximum absolute atomic E-state index is 13.8. The van der Waals surface area contributed by atoms with E-state index in [1.807, 2.05) is 19.1 Å². The normalized spacial score (nSPS) is 15.3. The maximum Gasteiger partial charge on any atom is 0.260 e. The summed E-state index contributed by atoms with van der Waals surface area (Å²) in [5.74, 6) is 1.00. The number of sulfonamides is 1. The largest absolute Gasteiger partial charge is 0.494 e. The molecule has 206 valence electrons. The molecule has 2 aromatic carbocycles. The molecule has 0 spiro atoms. The zero-order valence-corrected chi connectivity index (χ0v) is 24.6. The van der Waals surface area contributed by atoms with Crippen LogP contribution in [0, 0.1) is 12.8 Å². The number of fused-ring (bicyclic) bond motifs is 1. The van der Waals surface area contributed by atoms with Gasteiger partial charge in [0, 0.05) is 31.7 Å². The second-order valence-electron chi connectivity index (χ2n) is 9.85. The SMILES string of the molecule is CCN(CC)CCN(C(=O)c1ccc(S(=O)(=O)N2CCC(C)CC2)cc1)c1nc2c(OC)ccc(C)c2s1. The fraction of sp³-hybridized carbons (Fsp3) is 0.500. The standard InChI is InChI=1S/C28H38N4O4S2/c1-6-30(7-2)18-19-32(28-29-25-24(36-5)13-8-21(4)26(25)37-28)27(33)22-9-11-23(12-10-22)38(34,35)31-16-14-20(3)15-17-31/h8-13,20H,6-7,14-19H2,1-5H3. The number of benzene rings is 2. The number of methoxy groups -OCH3 is 1. The third kappa shape index (κ3) is 5.88. The molecule has 1 amide bonds. The lowest BCUT2D eigenvalue weighted by Crippen LogP contribution is -2.39. The highest BCUT2D eigenvalue weighted by atomic mass is 32.2. The Morgan fingerprint density at radius 3 is 2.34 bits per heavy atom. The monoisotopic (exact) mass is 558 g/mol. The third-order valence-electron chi connectivity index (χ3n) is 7.40. The first-order valence-corrected chi connectivity index (χ1v) is 15.5. The second-order valence-corrected chi connectivity index (χ2v) is 12.8. The van der Waals surface area contributed by atoms with Gasteiger partial charge in [0.05, 0.1) is 16.7 Å². The van der Waals surface area contributed by atoms with Crippen LogP contribution < -0.4 is 9.64 Å². The number of thiazole rings is 1. The van der Waals surface area contributed by atoms with Gasteiger partial charge in [-0.05, 0) is 74.7 Å². The number of hydrogen-bond acceptors (Lipinski definition) is 7. The Balaban J connectivity index is 1.64. The highest BCUT2D eigenvalue weighted by Gasteiger charge is 2.29. The van der Waals surface area contributed by atoms with Crippen LogP contribution in [-0.4, -0.2) is 74.9 Å². The van der Waals surface area contributed by atoms with Gasteiger partial charge in [-0.2, -0.15) is 4.31 Å². The van der Waals surface area contributed by atoms with Crippen molar-refractivity contribution in [3.63, 3.8) is 0 Å². The summed E-state index contributed by atoms with van der Waals surface area (Å²) < 4.78 is 34.4. The molecule has 1 aliphatic heterocycles. The Bertz CT molecular complexity index is 1360. The van der Waals surface area contributed by atoms with E-state index in [4.69, 9.17) is 9.72 Å². The number of carbonyl (C=O) groups is 1. The van der Waals surface area contributed by atoms with Gasteiger partial charge in [-0.1, -0.05) is 38.2 Å². The summed E-state index contributed by atoms with van der Waals surface area (Å²) in [5, 5.41) is 0.601. The predicted octanol–water partition coefficient (Wildman–Crippen LogP) is 5.02. The number of aryl methyl sites for hydroxylation is 1. The van der Waals surface area contributed by atoms with Crippen LogP contribution in [0.2, 0.25) is 0 Å². The molecule has 0 saturated carbocycles. The molecule has 8 nitrogen and oxygen atoms in total. The highest BCUT2D eigenvalue weighted by Crippen LogP contribution is 2.37. The minimum Gasteiger partial charge on any atom is -0.494 e. The highest BCUT2D eigenvalue weighted by molar-refractivity contribution is 7.89. The van der Waals surface area contributed by atoms with E-state index >= 15 is 0 Å². The van der Waals surface area contributed by atoms with Crippen LogP contribution in [0.25, 0.3) is 10.2 Å². The first kappa shape index (κ1) is 28.5. The van der Waals surface area contributed by atoms with Crippen LogP contribution >= 0.6 is 11.3 Å². The van der Waals surface area contributed by atoms with Crippen LogP contribution in [0.4, 0.5) is 5.13 Å². The lowest BCUT2D eigenvalue weighted by molar-refractivity contribution is 0.0983. The first-order chi connectivity index (χ1) is 18.2. The summed E-state index contributed by atoms with van der Waals surface area (Å²) >= 11 is 1.47. The molecule has 38 heavy (non-hydrogen) atoms. The summed E-state index contributed by atoms with van der Waals surface area (Å²) in [5.41, 5.74) is 2.24. The molecule has 3 aromatic rings. The Morgan fingerprint density at radius 2 is 1.74 bits per heavy atom. The van der Waals surface area contributed by atoms with E-state index in [1.54, 1.807) is 40.6 Å². The van der Waals surface area contributed by atoms with Gasteiger partial charge in [-0.3, -0.25) is 9.69 Å². The Morgan fingerprint density at radius 1 is 1.08 bits per heavy atom. The zero-order valence-electron chi connectivity index (χ0n) is 22.9. The molecule has 4 rings (SSSR count). The van der Waals surface area contributed by atoms with Crippen LogP contribution in [-0.2, 0) is 10.0 Å². The van der Waals surface area contributed by atoms with Crippen molar-refractivity contribution in [2.24, 2.45) is 5.92 Å². The van der Waals surface area contributed by atoms with Gasteiger partial charge < -0.3 is 9.64 Å². The number of carbonyl (C=O) groups excluding carboxylic acids is 1. The van der Waals surface area contributed by atoms with Crippen LogP contribution in [0.5, 0.6) is 5.75 Å². The van der Waals surface area contributed by atoms with Crippen molar-refractivity contribution in [1.82, 2.24) is 14.2 Å². The third-order valence-corrected chi connectivity index (χ3v) is 10.5. The Hall–Kier alpha value is -2.53. The maximum atomic E-state index is 13.8. The van der Waals surface area contributed by atoms with E-state index in [-0.39, 0.29) is 10.8 Å². The van der Waals surface area contributed by atoms with Crippen LogP contribution in [0.3, 0.4) is 0 Å². The number of nitrogens with zero attached hydrogens (tertiary/aromatic N) is 4.